The third-order valence-corrected chi connectivity index (χ3v) is 4.46. The molecule has 0 radical (unpaired) electrons. The minimum atomic E-state index is -0.580. The molecule has 0 aromatic heterocycles. The number of ether oxygens (including phenoxy) is 1. The van der Waals surface area contributed by atoms with Crippen LogP contribution in [0.2, 0.25) is 0 Å². The number of urea groups is 1. The van der Waals surface area contributed by atoms with Crippen molar-refractivity contribution in [1.82, 2.24) is 10.6 Å². The van der Waals surface area contributed by atoms with Gasteiger partial charge in [-0.3, -0.25) is 14.9 Å². The zero-order valence-corrected chi connectivity index (χ0v) is 12.5. The molecule has 2 rings (SSSR count). The Bertz CT molecular complexity index is 406. The van der Waals surface area contributed by atoms with Crippen molar-refractivity contribution >= 4 is 17.9 Å². The highest BCUT2D eigenvalue weighted by Crippen LogP contribution is 2.27. The lowest BCUT2D eigenvalue weighted by molar-refractivity contribution is -0.154. The number of carbonyl (C=O) groups is 3. The molecule has 2 fully saturated rings. The lowest BCUT2D eigenvalue weighted by Gasteiger charge is -2.29. The maximum Gasteiger partial charge on any atom is 0.321 e. The van der Waals surface area contributed by atoms with Crippen molar-refractivity contribution < 1.29 is 19.1 Å². The second-order valence-electron chi connectivity index (χ2n) is 6.13. The van der Waals surface area contributed by atoms with Crippen LogP contribution < -0.4 is 10.6 Å². The Labute approximate surface area is 125 Å². The van der Waals surface area contributed by atoms with Crippen LogP contribution in [-0.2, 0) is 14.3 Å². The molecule has 2 aliphatic carbocycles. The number of hydrogen-bond donors (Lipinski definition) is 2. The first kappa shape index (κ1) is 15.8. The normalized spacial score (nSPS) is 25.6. The van der Waals surface area contributed by atoms with Crippen LogP contribution in [0.1, 0.15) is 51.9 Å². The van der Waals surface area contributed by atoms with Gasteiger partial charge in [-0.1, -0.05) is 26.2 Å². The molecule has 2 saturated carbocycles. The number of imide groups is 1. The Morgan fingerprint density at radius 3 is 2.38 bits per heavy atom. The average molecular weight is 296 g/mol. The Hall–Kier alpha value is -1.59. The highest BCUT2D eigenvalue weighted by atomic mass is 16.5. The summed E-state index contributed by atoms with van der Waals surface area (Å²) in [6.07, 6.45) is 7.03. The summed E-state index contributed by atoms with van der Waals surface area (Å²) in [6, 6.07) is -0.387. The van der Waals surface area contributed by atoms with Gasteiger partial charge in [0.05, 0.1) is 5.92 Å². The summed E-state index contributed by atoms with van der Waals surface area (Å²) in [5.41, 5.74) is 0. The van der Waals surface area contributed by atoms with Crippen molar-refractivity contribution in [2.75, 3.05) is 6.61 Å². The van der Waals surface area contributed by atoms with Gasteiger partial charge in [-0.05, 0) is 31.6 Å². The molecular weight excluding hydrogens is 272 g/mol. The highest BCUT2D eigenvalue weighted by molar-refractivity contribution is 5.95. The Balaban J connectivity index is 1.64. The van der Waals surface area contributed by atoms with E-state index in [1.807, 2.05) is 0 Å². The monoisotopic (exact) mass is 296 g/mol. The molecule has 0 aliphatic heterocycles. The fraction of sp³-hybridized carbons (Fsp3) is 0.800. The molecular formula is C15H24N2O4. The van der Waals surface area contributed by atoms with Gasteiger partial charge in [-0.25, -0.2) is 4.79 Å². The molecule has 0 aromatic carbocycles. The maximum atomic E-state index is 11.7. The van der Waals surface area contributed by atoms with Crippen molar-refractivity contribution in [3.8, 4) is 0 Å². The number of carbonyl (C=O) groups excluding carboxylic acids is 3. The summed E-state index contributed by atoms with van der Waals surface area (Å²) in [6.45, 7) is 1.72. The molecule has 2 aliphatic rings. The van der Waals surface area contributed by atoms with Crippen LogP contribution in [0.3, 0.4) is 0 Å². The number of rotatable bonds is 4. The van der Waals surface area contributed by atoms with Crippen molar-refractivity contribution in [3.63, 3.8) is 0 Å². The molecule has 2 atom stereocenters. The van der Waals surface area contributed by atoms with E-state index in [0.717, 1.165) is 38.5 Å². The Kier molecular flexibility index (Phi) is 5.59. The molecule has 118 valence electrons. The fourth-order valence-corrected chi connectivity index (χ4v) is 2.80. The summed E-state index contributed by atoms with van der Waals surface area (Å²) < 4.78 is 4.89. The second kappa shape index (κ2) is 7.43. The summed E-state index contributed by atoms with van der Waals surface area (Å²) in [5.74, 6) is -0.549. The molecule has 0 heterocycles. The zero-order chi connectivity index (χ0) is 15.2. The fourth-order valence-electron chi connectivity index (χ4n) is 2.80. The van der Waals surface area contributed by atoms with E-state index in [-0.39, 0.29) is 24.5 Å². The number of esters is 1. The van der Waals surface area contributed by atoms with Gasteiger partial charge >= 0.3 is 12.0 Å². The van der Waals surface area contributed by atoms with Crippen LogP contribution >= 0.6 is 0 Å². The second-order valence-corrected chi connectivity index (χ2v) is 6.13. The van der Waals surface area contributed by atoms with Gasteiger partial charge in [-0.2, -0.15) is 0 Å². The van der Waals surface area contributed by atoms with E-state index < -0.39 is 11.9 Å². The third kappa shape index (κ3) is 4.72. The molecule has 0 saturated heterocycles. The standard InChI is InChI=1S/C15H24N2O4/c1-10-5-2-3-8-12(10)16-15(20)17-13(18)9-21-14(19)11-6-4-7-11/h10-12H,2-9H2,1H3,(H2,16,17,18,20)/t10-,12+/m1/s1. The van der Waals surface area contributed by atoms with Crippen molar-refractivity contribution in [2.24, 2.45) is 11.8 Å². The van der Waals surface area contributed by atoms with Crippen LogP contribution in [0.25, 0.3) is 0 Å². The van der Waals surface area contributed by atoms with Crippen LogP contribution in [0, 0.1) is 11.8 Å². The summed E-state index contributed by atoms with van der Waals surface area (Å²) in [4.78, 5) is 34.8. The summed E-state index contributed by atoms with van der Waals surface area (Å²) >= 11 is 0. The molecule has 2 N–H and O–H groups in total. The largest absolute Gasteiger partial charge is 0.455 e. The van der Waals surface area contributed by atoms with Gasteiger partial charge in [-0.15, -0.1) is 0 Å². The van der Waals surface area contributed by atoms with Gasteiger partial charge < -0.3 is 10.1 Å². The smallest absolute Gasteiger partial charge is 0.321 e. The first-order chi connectivity index (χ1) is 10.1. The molecule has 6 heteroatoms. The van der Waals surface area contributed by atoms with Crippen LogP contribution in [0.4, 0.5) is 4.79 Å². The Morgan fingerprint density at radius 1 is 1.05 bits per heavy atom. The lowest BCUT2D eigenvalue weighted by atomic mass is 9.86. The summed E-state index contributed by atoms with van der Waals surface area (Å²) in [7, 11) is 0. The van der Waals surface area contributed by atoms with Crippen LogP contribution in [0.15, 0.2) is 0 Å². The molecule has 0 bridgehead atoms. The van der Waals surface area contributed by atoms with Gasteiger partial charge in [0.15, 0.2) is 6.61 Å². The van der Waals surface area contributed by atoms with Gasteiger partial charge in [0.25, 0.3) is 5.91 Å². The van der Waals surface area contributed by atoms with E-state index in [1.54, 1.807) is 0 Å². The van der Waals surface area contributed by atoms with Crippen molar-refractivity contribution in [3.05, 3.63) is 0 Å². The van der Waals surface area contributed by atoms with Crippen LogP contribution in [-0.4, -0.2) is 30.6 Å². The van der Waals surface area contributed by atoms with Gasteiger partial charge in [0.2, 0.25) is 0 Å². The number of hydrogen-bond acceptors (Lipinski definition) is 4. The minimum absolute atomic E-state index is 0.0604. The van der Waals surface area contributed by atoms with E-state index in [0.29, 0.717) is 5.92 Å². The Morgan fingerprint density at radius 2 is 1.76 bits per heavy atom. The van der Waals surface area contributed by atoms with E-state index in [2.05, 4.69) is 17.6 Å². The first-order valence-electron chi connectivity index (χ1n) is 7.83. The quantitative estimate of drug-likeness (QED) is 0.774. The molecule has 21 heavy (non-hydrogen) atoms. The first-order valence-corrected chi connectivity index (χ1v) is 7.83. The lowest BCUT2D eigenvalue weighted by Crippen LogP contribution is -2.48. The predicted octanol–water partition coefficient (Wildman–Crippen LogP) is 1.73. The van der Waals surface area contributed by atoms with E-state index >= 15 is 0 Å². The van der Waals surface area contributed by atoms with Crippen molar-refractivity contribution in [2.45, 2.75) is 57.9 Å². The zero-order valence-electron chi connectivity index (χ0n) is 12.5. The SMILES string of the molecule is C[C@@H]1CCCC[C@@H]1NC(=O)NC(=O)COC(=O)C1CCC1. The van der Waals surface area contributed by atoms with Gasteiger partial charge in [0, 0.05) is 6.04 Å². The molecule has 0 spiro atoms. The van der Waals surface area contributed by atoms with Gasteiger partial charge in [0.1, 0.15) is 0 Å². The molecule has 6 nitrogen and oxygen atoms in total. The number of nitrogens with one attached hydrogen (secondary N) is 2. The average Bonchev–Trinajstić information content (AvgIpc) is 2.37. The topological polar surface area (TPSA) is 84.5 Å². The molecule has 0 unspecified atom stereocenters. The summed E-state index contributed by atoms with van der Waals surface area (Å²) in [5, 5.41) is 5.03. The minimum Gasteiger partial charge on any atom is -0.455 e. The highest BCUT2D eigenvalue weighted by Gasteiger charge is 2.27. The van der Waals surface area contributed by atoms with E-state index in [4.69, 9.17) is 4.74 Å². The van der Waals surface area contributed by atoms with E-state index in [9.17, 15) is 14.4 Å². The molecule has 0 aromatic rings. The number of amides is 3. The van der Waals surface area contributed by atoms with E-state index in [1.165, 1.54) is 6.42 Å². The molecule has 3 amide bonds. The van der Waals surface area contributed by atoms with Crippen molar-refractivity contribution in [1.29, 1.82) is 0 Å². The predicted molar refractivity (Wildman–Crippen MR) is 76.4 cm³/mol. The maximum absolute atomic E-state index is 11.7. The van der Waals surface area contributed by atoms with Crippen LogP contribution in [0.5, 0.6) is 0 Å². The third-order valence-electron chi connectivity index (χ3n) is 4.46.